The van der Waals surface area contributed by atoms with Crippen molar-refractivity contribution >= 4 is 40.0 Å². The van der Waals surface area contributed by atoms with E-state index in [1.165, 1.54) is 23.5 Å². The van der Waals surface area contributed by atoms with Crippen LogP contribution in [0.3, 0.4) is 0 Å². The second-order valence-electron chi connectivity index (χ2n) is 5.61. The maximum atomic E-state index is 13.3. The molecule has 7 heteroatoms. The number of hydrogen-bond acceptors (Lipinski definition) is 5. The summed E-state index contributed by atoms with van der Waals surface area (Å²) in [7, 11) is 0. The minimum atomic E-state index is -0.490. The predicted octanol–water partition coefficient (Wildman–Crippen LogP) is 5.12. The van der Waals surface area contributed by atoms with Gasteiger partial charge < -0.3 is 10.1 Å². The van der Waals surface area contributed by atoms with Crippen LogP contribution in [0, 0.1) is 12.7 Å². The third-order valence-corrected chi connectivity index (χ3v) is 5.42. The number of amides is 1. The molecule has 1 amide bonds. The van der Waals surface area contributed by atoms with Crippen molar-refractivity contribution in [2.45, 2.75) is 26.7 Å². The molecule has 26 heavy (non-hydrogen) atoms. The Bertz CT molecular complexity index is 772. The van der Waals surface area contributed by atoms with Crippen molar-refractivity contribution in [2.75, 3.05) is 23.9 Å². The van der Waals surface area contributed by atoms with E-state index in [-0.39, 0.29) is 18.3 Å². The molecule has 0 atom stereocenters. The first-order valence-corrected chi connectivity index (χ1v) is 10.5. The smallest absolute Gasteiger partial charge is 0.341 e. The summed E-state index contributed by atoms with van der Waals surface area (Å²) in [4.78, 5) is 25.6. The van der Waals surface area contributed by atoms with Crippen LogP contribution in [0.15, 0.2) is 24.3 Å². The van der Waals surface area contributed by atoms with Crippen LogP contribution in [0.4, 0.5) is 9.39 Å². The molecule has 0 spiro atoms. The molecule has 0 fully saturated rings. The standard InChI is InChI=1S/C19H22FNO3S2/c1-4-24-19(23)17-16(13-7-9-14(20)10-8-13)12(2)26-18(17)21-15(22)6-5-11-25-3/h7-10H,4-6,11H2,1-3H3,(H,21,22). The number of ether oxygens (including phenoxy) is 1. The highest BCUT2D eigenvalue weighted by atomic mass is 32.2. The van der Waals surface area contributed by atoms with E-state index in [1.807, 2.05) is 13.2 Å². The third kappa shape index (κ3) is 5.08. The number of hydrogen-bond donors (Lipinski definition) is 1. The first kappa shape index (κ1) is 20.5. The highest BCUT2D eigenvalue weighted by Gasteiger charge is 2.25. The molecule has 1 heterocycles. The van der Waals surface area contributed by atoms with E-state index in [0.29, 0.717) is 28.1 Å². The Labute approximate surface area is 161 Å². The Balaban J connectivity index is 2.39. The Kier molecular flexibility index (Phi) is 7.66. The minimum Gasteiger partial charge on any atom is -0.462 e. The van der Waals surface area contributed by atoms with Crippen molar-refractivity contribution < 1.29 is 18.7 Å². The Hall–Kier alpha value is -1.86. The first-order chi connectivity index (χ1) is 12.5. The zero-order chi connectivity index (χ0) is 19.1. The van der Waals surface area contributed by atoms with Gasteiger partial charge >= 0.3 is 5.97 Å². The number of carbonyl (C=O) groups is 2. The number of benzene rings is 1. The first-order valence-electron chi connectivity index (χ1n) is 8.33. The SMILES string of the molecule is CCOC(=O)c1c(NC(=O)CCCSC)sc(C)c1-c1ccc(F)cc1. The number of anilines is 1. The van der Waals surface area contributed by atoms with Crippen molar-refractivity contribution in [3.63, 3.8) is 0 Å². The minimum absolute atomic E-state index is 0.128. The van der Waals surface area contributed by atoms with Crippen molar-refractivity contribution in [3.8, 4) is 11.1 Å². The Morgan fingerprint density at radius 2 is 1.96 bits per heavy atom. The van der Waals surface area contributed by atoms with E-state index in [0.717, 1.165) is 17.1 Å². The lowest BCUT2D eigenvalue weighted by atomic mass is 10.0. The topological polar surface area (TPSA) is 55.4 Å². The van der Waals surface area contributed by atoms with Gasteiger partial charge in [0, 0.05) is 16.9 Å². The highest BCUT2D eigenvalue weighted by molar-refractivity contribution is 7.98. The molecule has 1 aromatic carbocycles. The van der Waals surface area contributed by atoms with E-state index in [2.05, 4.69) is 5.32 Å². The maximum absolute atomic E-state index is 13.3. The van der Waals surface area contributed by atoms with E-state index >= 15 is 0 Å². The average Bonchev–Trinajstić information content (AvgIpc) is 2.92. The number of esters is 1. The lowest BCUT2D eigenvalue weighted by molar-refractivity contribution is -0.116. The molecule has 0 saturated carbocycles. The summed E-state index contributed by atoms with van der Waals surface area (Å²) in [6.45, 7) is 3.84. The summed E-state index contributed by atoms with van der Waals surface area (Å²) in [6, 6.07) is 5.94. The maximum Gasteiger partial charge on any atom is 0.341 e. The summed E-state index contributed by atoms with van der Waals surface area (Å²) in [6.07, 6.45) is 3.16. The van der Waals surface area contributed by atoms with Crippen LogP contribution in [0.2, 0.25) is 0 Å². The molecule has 1 aromatic heterocycles. The van der Waals surface area contributed by atoms with Crippen molar-refractivity contribution in [3.05, 3.63) is 40.5 Å². The zero-order valence-electron chi connectivity index (χ0n) is 15.1. The number of nitrogens with one attached hydrogen (secondary N) is 1. The molecule has 0 aliphatic rings. The van der Waals surface area contributed by atoms with Crippen LogP contribution in [-0.2, 0) is 9.53 Å². The van der Waals surface area contributed by atoms with Crippen LogP contribution in [-0.4, -0.2) is 30.5 Å². The van der Waals surface area contributed by atoms with Crippen molar-refractivity contribution in [1.29, 1.82) is 0 Å². The largest absolute Gasteiger partial charge is 0.462 e. The molecule has 0 bridgehead atoms. The molecular weight excluding hydrogens is 373 g/mol. The van der Waals surface area contributed by atoms with Crippen LogP contribution in [0.25, 0.3) is 11.1 Å². The van der Waals surface area contributed by atoms with Gasteiger partial charge in [-0.2, -0.15) is 11.8 Å². The molecule has 140 valence electrons. The number of carbonyl (C=O) groups excluding carboxylic acids is 2. The fourth-order valence-electron chi connectivity index (χ4n) is 2.56. The van der Waals surface area contributed by atoms with Crippen LogP contribution < -0.4 is 5.32 Å². The normalized spacial score (nSPS) is 10.6. The Morgan fingerprint density at radius 3 is 2.58 bits per heavy atom. The van der Waals surface area contributed by atoms with Gasteiger partial charge in [-0.15, -0.1) is 11.3 Å². The predicted molar refractivity (Wildman–Crippen MR) is 107 cm³/mol. The van der Waals surface area contributed by atoms with Gasteiger partial charge in [0.1, 0.15) is 16.4 Å². The second kappa shape index (κ2) is 9.73. The lowest BCUT2D eigenvalue weighted by Crippen LogP contribution is -2.14. The number of aryl methyl sites for hydroxylation is 1. The van der Waals surface area contributed by atoms with Crippen molar-refractivity contribution in [2.24, 2.45) is 0 Å². The highest BCUT2D eigenvalue weighted by Crippen LogP contribution is 2.40. The van der Waals surface area contributed by atoms with Gasteiger partial charge in [0.25, 0.3) is 0 Å². The van der Waals surface area contributed by atoms with Gasteiger partial charge in [-0.3, -0.25) is 4.79 Å². The Morgan fingerprint density at radius 1 is 1.27 bits per heavy atom. The van der Waals surface area contributed by atoms with Gasteiger partial charge in [-0.1, -0.05) is 12.1 Å². The summed E-state index contributed by atoms with van der Waals surface area (Å²) in [5.74, 6) is -0.0589. The van der Waals surface area contributed by atoms with Gasteiger partial charge in [0.15, 0.2) is 0 Å². The van der Waals surface area contributed by atoms with E-state index in [1.54, 1.807) is 30.8 Å². The summed E-state index contributed by atoms with van der Waals surface area (Å²) < 4.78 is 18.4. The number of thioether (sulfide) groups is 1. The van der Waals surface area contributed by atoms with Crippen LogP contribution >= 0.6 is 23.1 Å². The molecule has 0 saturated heterocycles. The molecule has 2 rings (SSSR count). The number of halogens is 1. The van der Waals surface area contributed by atoms with Gasteiger partial charge in [-0.05, 0) is 50.0 Å². The van der Waals surface area contributed by atoms with E-state index in [4.69, 9.17) is 4.74 Å². The average molecular weight is 396 g/mol. The quantitative estimate of drug-likeness (QED) is 0.498. The fraction of sp³-hybridized carbons (Fsp3) is 0.368. The lowest BCUT2D eigenvalue weighted by Gasteiger charge is -2.09. The molecule has 0 aliphatic heterocycles. The van der Waals surface area contributed by atoms with Crippen LogP contribution in [0.1, 0.15) is 35.0 Å². The summed E-state index contributed by atoms with van der Waals surface area (Å²) in [5, 5.41) is 3.33. The van der Waals surface area contributed by atoms with Crippen LogP contribution in [0.5, 0.6) is 0 Å². The molecule has 2 aromatic rings. The number of rotatable bonds is 8. The van der Waals surface area contributed by atoms with Gasteiger partial charge in [-0.25, -0.2) is 9.18 Å². The molecule has 0 unspecified atom stereocenters. The third-order valence-electron chi connectivity index (χ3n) is 3.70. The molecule has 0 radical (unpaired) electrons. The second-order valence-corrected chi connectivity index (χ2v) is 7.82. The van der Waals surface area contributed by atoms with Crippen molar-refractivity contribution in [1.82, 2.24) is 0 Å². The molecule has 4 nitrogen and oxygen atoms in total. The van der Waals surface area contributed by atoms with Gasteiger partial charge in [0.2, 0.25) is 5.91 Å². The van der Waals surface area contributed by atoms with Gasteiger partial charge in [0.05, 0.1) is 6.61 Å². The summed E-state index contributed by atoms with van der Waals surface area (Å²) in [5.41, 5.74) is 1.72. The summed E-state index contributed by atoms with van der Waals surface area (Å²) >= 11 is 3.02. The van der Waals surface area contributed by atoms with E-state index in [9.17, 15) is 14.0 Å². The molecule has 0 aliphatic carbocycles. The molecular formula is C19H22FNO3S2. The monoisotopic (exact) mass is 395 g/mol. The zero-order valence-corrected chi connectivity index (χ0v) is 16.7. The molecule has 1 N–H and O–H groups in total. The fourth-order valence-corrected chi connectivity index (χ4v) is 4.07. The van der Waals surface area contributed by atoms with E-state index < -0.39 is 5.97 Å². The number of thiophene rings is 1.